The SMILES string of the molecule is CN(CCc1ccccc1)C(=O)N(C)CC(=O)O. The second-order valence-electron chi connectivity index (χ2n) is 4.19. The first kappa shape index (κ1) is 14.0. The van der Waals surface area contributed by atoms with Gasteiger partial charge >= 0.3 is 12.0 Å². The fourth-order valence-corrected chi connectivity index (χ4v) is 1.60. The van der Waals surface area contributed by atoms with E-state index in [1.165, 1.54) is 16.8 Å². The number of hydrogen-bond acceptors (Lipinski definition) is 2. The summed E-state index contributed by atoms with van der Waals surface area (Å²) in [5, 5.41) is 8.61. The summed E-state index contributed by atoms with van der Waals surface area (Å²) in [7, 11) is 3.15. The number of aliphatic carboxylic acids is 1. The lowest BCUT2D eigenvalue weighted by atomic mass is 10.1. The molecule has 0 fully saturated rings. The van der Waals surface area contributed by atoms with Gasteiger partial charge in [0.15, 0.2) is 0 Å². The molecule has 0 aliphatic heterocycles. The third kappa shape index (κ3) is 4.45. The maximum Gasteiger partial charge on any atom is 0.323 e. The molecule has 0 aliphatic rings. The lowest BCUT2D eigenvalue weighted by Crippen LogP contribution is -2.42. The number of carboxylic acids is 1. The van der Waals surface area contributed by atoms with Crippen LogP contribution >= 0.6 is 0 Å². The molecule has 0 radical (unpaired) electrons. The third-order valence-corrected chi connectivity index (χ3v) is 2.60. The zero-order valence-corrected chi connectivity index (χ0v) is 10.7. The van der Waals surface area contributed by atoms with E-state index < -0.39 is 5.97 Å². The van der Waals surface area contributed by atoms with Crippen LogP contribution in [0.15, 0.2) is 30.3 Å². The molecular formula is C13H18N2O3. The molecular weight excluding hydrogens is 232 g/mol. The van der Waals surface area contributed by atoms with E-state index in [2.05, 4.69) is 0 Å². The molecule has 0 bridgehead atoms. The Labute approximate surface area is 107 Å². The van der Waals surface area contributed by atoms with Crippen LogP contribution in [0.4, 0.5) is 4.79 Å². The molecule has 0 heterocycles. The summed E-state index contributed by atoms with van der Waals surface area (Å²) in [4.78, 5) is 25.0. The summed E-state index contributed by atoms with van der Waals surface area (Å²) in [6.45, 7) is 0.279. The highest BCUT2D eigenvalue weighted by atomic mass is 16.4. The highest BCUT2D eigenvalue weighted by Crippen LogP contribution is 2.02. The fraction of sp³-hybridized carbons (Fsp3) is 0.385. The molecule has 0 atom stereocenters. The molecule has 0 unspecified atom stereocenters. The first-order valence-electron chi connectivity index (χ1n) is 5.72. The molecule has 1 aromatic rings. The van der Waals surface area contributed by atoms with Crippen LogP contribution in [-0.2, 0) is 11.2 Å². The van der Waals surface area contributed by atoms with E-state index in [0.29, 0.717) is 6.54 Å². The van der Waals surface area contributed by atoms with Crippen LogP contribution in [0.5, 0.6) is 0 Å². The predicted octanol–water partition coefficient (Wildman–Crippen LogP) is 1.30. The average molecular weight is 250 g/mol. The number of carbonyl (C=O) groups excluding carboxylic acids is 1. The van der Waals surface area contributed by atoms with Crippen molar-refractivity contribution in [1.82, 2.24) is 9.80 Å². The maximum atomic E-state index is 11.8. The lowest BCUT2D eigenvalue weighted by Gasteiger charge is -2.23. The van der Waals surface area contributed by atoms with Gasteiger partial charge in [0.05, 0.1) is 0 Å². The lowest BCUT2D eigenvalue weighted by molar-refractivity contribution is -0.137. The Morgan fingerprint density at radius 3 is 2.28 bits per heavy atom. The molecule has 98 valence electrons. The van der Waals surface area contributed by atoms with Crippen LogP contribution in [0.1, 0.15) is 5.56 Å². The molecule has 0 saturated heterocycles. The van der Waals surface area contributed by atoms with Crippen molar-refractivity contribution in [1.29, 1.82) is 0 Å². The summed E-state index contributed by atoms with van der Waals surface area (Å²) in [6, 6.07) is 9.56. The fourth-order valence-electron chi connectivity index (χ4n) is 1.60. The van der Waals surface area contributed by atoms with Gasteiger partial charge in [-0.2, -0.15) is 0 Å². The average Bonchev–Trinajstić information content (AvgIpc) is 2.35. The number of urea groups is 1. The van der Waals surface area contributed by atoms with Gasteiger partial charge in [0.1, 0.15) is 6.54 Å². The normalized spacial score (nSPS) is 9.89. The Balaban J connectivity index is 2.43. The van der Waals surface area contributed by atoms with Gasteiger partial charge in [-0.1, -0.05) is 30.3 Å². The number of nitrogens with zero attached hydrogens (tertiary/aromatic N) is 2. The number of hydrogen-bond donors (Lipinski definition) is 1. The van der Waals surface area contributed by atoms with Crippen LogP contribution in [0.2, 0.25) is 0 Å². The largest absolute Gasteiger partial charge is 0.480 e. The van der Waals surface area contributed by atoms with Gasteiger partial charge in [-0.05, 0) is 12.0 Å². The van der Waals surface area contributed by atoms with Crippen molar-refractivity contribution < 1.29 is 14.7 Å². The minimum absolute atomic E-state index is 0.283. The van der Waals surface area contributed by atoms with Crippen LogP contribution < -0.4 is 0 Å². The molecule has 2 amide bonds. The molecule has 5 nitrogen and oxygen atoms in total. The van der Waals surface area contributed by atoms with Crippen LogP contribution in [0.25, 0.3) is 0 Å². The second kappa shape index (κ2) is 6.64. The molecule has 5 heteroatoms. The first-order valence-corrected chi connectivity index (χ1v) is 5.72. The van der Waals surface area contributed by atoms with Gasteiger partial charge in [0.2, 0.25) is 0 Å². The van der Waals surface area contributed by atoms with E-state index >= 15 is 0 Å². The zero-order chi connectivity index (χ0) is 13.5. The minimum atomic E-state index is -1.01. The van der Waals surface area contributed by atoms with Gasteiger partial charge in [0, 0.05) is 20.6 Å². The molecule has 18 heavy (non-hydrogen) atoms. The Hall–Kier alpha value is -2.04. The van der Waals surface area contributed by atoms with Crippen LogP contribution in [-0.4, -0.2) is 54.1 Å². The molecule has 0 aromatic heterocycles. The molecule has 0 aliphatic carbocycles. The molecule has 0 spiro atoms. The number of carbonyl (C=O) groups is 2. The summed E-state index contributed by atoms with van der Waals surface area (Å²) >= 11 is 0. The van der Waals surface area contributed by atoms with Crippen molar-refractivity contribution in [2.24, 2.45) is 0 Å². The number of likely N-dealkylation sites (N-methyl/N-ethyl adjacent to an activating group) is 2. The minimum Gasteiger partial charge on any atom is -0.480 e. The van der Waals surface area contributed by atoms with E-state index in [9.17, 15) is 9.59 Å². The number of amides is 2. The van der Waals surface area contributed by atoms with Gasteiger partial charge in [-0.15, -0.1) is 0 Å². The van der Waals surface area contributed by atoms with Crippen LogP contribution in [0.3, 0.4) is 0 Å². The van der Waals surface area contributed by atoms with E-state index in [1.807, 2.05) is 30.3 Å². The Morgan fingerprint density at radius 2 is 1.72 bits per heavy atom. The van der Waals surface area contributed by atoms with Crippen molar-refractivity contribution >= 4 is 12.0 Å². The Kier molecular flexibility index (Phi) is 5.17. The van der Waals surface area contributed by atoms with E-state index in [4.69, 9.17) is 5.11 Å². The predicted molar refractivity (Wildman–Crippen MR) is 68.4 cm³/mol. The summed E-state index contributed by atoms with van der Waals surface area (Å²) in [6.07, 6.45) is 0.754. The zero-order valence-electron chi connectivity index (χ0n) is 10.7. The molecule has 1 N–H and O–H groups in total. The number of carboxylic acid groups (broad SMARTS) is 1. The van der Waals surface area contributed by atoms with E-state index in [0.717, 1.165) is 12.0 Å². The standard InChI is InChI=1S/C13H18N2O3/c1-14(13(18)15(2)10-12(16)17)9-8-11-6-4-3-5-7-11/h3-7H,8-10H2,1-2H3,(H,16,17). The van der Waals surface area contributed by atoms with E-state index in [1.54, 1.807) is 7.05 Å². The molecule has 0 saturated carbocycles. The number of benzene rings is 1. The number of rotatable bonds is 5. The van der Waals surface area contributed by atoms with Crippen molar-refractivity contribution in [2.45, 2.75) is 6.42 Å². The highest BCUT2D eigenvalue weighted by molar-refractivity contribution is 5.79. The van der Waals surface area contributed by atoms with Crippen molar-refractivity contribution in [2.75, 3.05) is 27.2 Å². The van der Waals surface area contributed by atoms with Crippen molar-refractivity contribution in [3.63, 3.8) is 0 Å². The third-order valence-electron chi connectivity index (χ3n) is 2.60. The first-order chi connectivity index (χ1) is 8.50. The topological polar surface area (TPSA) is 60.9 Å². The van der Waals surface area contributed by atoms with Crippen LogP contribution in [0, 0.1) is 0 Å². The Morgan fingerprint density at radius 1 is 1.11 bits per heavy atom. The summed E-state index contributed by atoms with van der Waals surface area (Å²) < 4.78 is 0. The molecule has 1 aromatic carbocycles. The van der Waals surface area contributed by atoms with Crippen molar-refractivity contribution in [3.05, 3.63) is 35.9 Å². The van der Waals surface area contributed by atoms with Gasteiger partial charge in [-0.3, -0.25) is 4.79 Å². The summed E-state index contributed by atoms with van der Waals surface area (Å²) in [5.74, 6) is -1.01. The quantitative estimate of drug-likeness (QED) is 0.856. The summed E-state index contributed by atoms with van der Waals surface area (Å²) in [5.41, 5.74) is 1.15. The monoisotopic (exact) mass is 250 g/mol. The highest BCUT2D eigenvalue weighted by Gasteiger charge is 2.15. The van der Waals surface area contributed by atoms with Gasteiger partial charge in [-0.25, -0.2) is 4.79 Å². The van der Waals surface area contributed by atoms with E-state index in [-0.39, 0.29) is 12.6 Å². The van der Waals surface area contributed by atoms with Gasteiger partial charge in [0.25, 0.3) is 0 Å². The second-order valence-corrected chi connectivity index (χ2v) is 4.19. The van der Waals surface area contributed by atoms with Gasteiger partial charge < -0.3 is 14.9 Å². The van der Waals surface area contributed by atoms with Crippen molar-refractivity contribution in [3.8, 4) is 0 Å². The smallest absolute Gasteiger partial charge is 0.323 e. The Bertz CT molecular complexity index is 406. The molecule has 1 rings (SSSR count). The maximum absolute atomic E-state index is 11.8.